The Balaban J connectivity index is 1.81. The van der Waals surface area contributed by atoms with Gasteiger partial charge in [-0.2, -0.15) is 0 Å². The van der Waals surface area contributed by atoms with Crippen LogP contribution in [0.1, 0.15) is 24.8 Å². The summed E-state index contributed by atoms with van der Waals surface area (Å²) in [5.74, 6) is -0.303. The predicted molar refractivity (Wildman–Crippen MR) is 97.1 cm³/mol. The number of amides is 2. The van der Waals surface area contributed by atoms with Crippen LogP contribution in [0.2, 0.25) is 0 Å². The summed E-state index contributed by atoms with van der Waals surface area (Å²) in [6.45, 7) is 1.57. The molecule has 138 valence electrons. The van der Waals surface area contributed by atoms with Crippen molar-refractivity contribution in [2.75, 3.05) is 40.3 Å². The molecule has 2 rings (SSSR count). The Morgan fingerprint density at radius 3 is 2.72 bits per heavy atom. The van der Waals surface area contributed by atoms with Gasteiger partial charge in [-0.3, -0.25) is 9.59 Å². The quantitative estimate of drug-likeness (QED) is 0.724. The van der Waals surface area contributed by atoms with E-state index < -0.39 is 5.60 Å². The Bertz CT molecular complexity index is 577. The van der Waals surface area contributed by atoms with E-state index in [0.29, 0.717) is 19.5 Å². The van der Waals surface area contributed by atoms with Gasteiger partial charge >= 0.3 is 0 Å². The minimum Gasteiger partial charge on any atom is -0.379 e. The van der Waals surface area contributed by atoms with E-state index in [9.17, 15) is 14.7 Å². The zero-order chi connectivity index (χ0) is 18.3. The van der Waals surface area contributed by atoms with Gasteiger partial charge in [0.05, 0.1) is 6.54 Å². The van der Waals surface area contributed by atoms with Crippen molar-refractivity contribution < 1.29 is 14.7 Å². The van der Waals surface area contributed by atoms with Crippen LogP contribution < -0.4 is 5.32 Å². The predicted octanol–water partition coefficient (Wildman–Crippen LogP) is 0.651. The van der Waals surface area contributed by atoms with Crippen LogP contribution in [-0.4, -0.2) is 72.6 Å². The number of carbonyl (C=O) groups excluding carboxylic acids is 2. The van der Waals surface area contributed by atoms with Crippen LogP contribution in [0.3, 0.4) is 0 Å². The van der Waals surface area contributed by atoms with Crippen LogP contribution in [0.5, 0.6) is 0 Å². The van der Waals surface area contributed by atoms with Gasteiger partial charge in [-0.15, -0.1) is 0 Å². The van der Waals surface area contributed by atoms with Gasteiger partial charge in [-0.1, -0.05) is 30.3 Å². The number of nitrogens with zero attached hydrogens (tertiary/aromatic N) is 2. The number of hydrogen-bond acceptors (Lipinski definition) is 4. The van der Waals surface area contributed by atoms with E-state index in [1.807, 2.05) is 18.2 Å². The molecule has 1 fully saturated rings. The number of likely N-dealkylation sites (tertiary alicyclic amines) is 1. The molecule has 6 nitrogen and oxygen atoms in total. The lowest BCUT2D eigenvalue weighted by Gasteiger charge is -2.38. The molecule has 0 radical (unpaired) electrons. The Morgan fingerprint density at radius 1 is 1.32 bits per heavy atom. The van der Waals surface area contributed by atoms with E-state index in [4.69, 9.17) is 0 Å². The van der Waals surface area contributed by atoms with Gasteiger partial charge in [0, 0.05) is 33.7 Å². The number of aliphatic hydroxyl groups is 1. The zero-order valence-corrected chi connectivity index (χ0v) is 15.2. The van der Waals surface area contributed by atoms with Crippen LogP contribution in [-0.2, 0) is 16.0 Å². The molecule has 2 N–H and O–H groups in total. The van der Waals surface area contributed by atoms with Crippen molar-refractivity contribution in [2.24, 2.45) is 0 Å². The van der Waals surface area contributed by atoms with Crippen LogP contribution >= 0.6 is 0 Å². The fourth-order valence-corrected chi connectivity index (χ4v) is 3.10. The molecule has 1 aromatic carbocycles. The molecule has 1 unspecified atom stereocenters. The van der Waals surface area contributed by atoms with Crippen LogP contribution in [0.4, 0.5) is 0 Å². The number of rotatable bonds is 8. The fourth-order valence-electron chi connectivity index (χ4n) is 3.10. The third kappa shape index (κ3) is 5.54. The van der Waals surface area contributed by atoms with Gasteiger partial charge in [0.2, 0.25) is 5.91 Å². The summed E-state index contributed by atoms with van der Waals surface area (Å²) in [6.07, 6.45) is 3.00. The van der Waals surface area contributed by atoms with E-state index in [2.05, 4.69) is 17.4 Å². The van der Waals surface area contributed by atoms with Crippen LogP contribution in [0.15, 0.2) is 30.3 Å². The second-order valence-electron chi connectivity index (χ2n) is 6.91. The highest BCUT2D eigenvalue weighted by Crippen LogP contribution is 2.22. The van der Waals surface area contributed by atoms with Crippen molar-refractivity contribution in [1.82, 2.24) is 15.1 Å². The van der Waals surface area contributed by atoms with Crippen LogP contribution in [0, 0.1) is 0 Å². The third-order valence-corrected chi connectivity index (χ3v) is 4.63. The van der Waals surface area contributed by atoms with Crippen molar-refractivity contribution in [2.45, 2.75) is 31.3 Å². The molecule has 6 heteroatoms. The lowest BCUT2D eigenvalue weighted by molar-refractivity contribution is -0.156. The molecule has 0 spiro atoms. The summed E-state index contributed by atoms with van der Waals surface area (Å²) in [5.41, 5.74) is -0.150. The van der Waals surface area contributed by atoms with Gasteiger partial charge in [0.25, 0.3) is 5.91 Å². The standard InChI is InChI=1S/C19H29N3O3/c1-21(2)17(23)14-20-15-19(25)11-7-13-22(18(19)24)12-6-10-16-8-4-3-5-9-16/h3-5,8-9,20,25H,6-7,10-15H2,1-2H3. The summed E-state index contributed by atoms with van der Waals surface area (Å²) < 4.78 is 0. The molecular weight excluding hydrogens is 318 g/mol. The number of piperidine rings is 1. The van der Waals surface area contributed by atoms with Crippen molar-refractivity contribution in [3.05, 3.63) is 35.9 Å². The molecule has 1 atom stereocenters. The molecule has 1 saturated heterocycles. The number of benzene rings is 1. The number of hydrogen-bond donors (Lipinski definition) is 2. The maximum atomic E-state index is 12.6. The highest BCUT2D eigenvalue weighted by molar-refractivity contribution is 5.86. The minimum atomic E-state index is -1.41. The second kappa shape index (κ2) is 8.97. The molecule has 1 heterocycles. The maximum Gasteiger partial charge on any atom is 0.255 e. The van der Waals surface area contributed by atoms with E-state index in [1.54, 1.807) is 19.0 Å². The molecule has 0 aromatic heterocycles. The van der Waals surface area contributed by atoms with Gasteiger partial charge < -0.3 is 20.2 Å². The Morgan fingerprint density at radius 2 is 2.04 bits per heavy atom. The zero-order valence-electron chi connectivity index (χ0n) is 15.2. The molecular formula is C19H29N3O3. The second-order valence-corrected chi connectivity index (χ2v) is 6.91. The first-order valence-corrected chi connectivity index (χ1v) is 8.89. The lowest BCUT2D eigenvalue weighted by atomic mass is 9.91. The first kappa shape index (κ1) is 19.4. The van der Waals surface area contributed by atoms with Crippen molar-refractivity contribution in [3.63, 3.8) is 0 Å². The van der Waals surface area contributed by atoms with Crippen LogP contribution in [0.25, 0.3) is 0 Å². The average molecular weight is 347 g/mol. The Labute approximate surface area is 149 Å². The van der Waals surface area contributed by atoms with E-state index in [1.165, 1.54) is 10.5 Å². The normalized spacial score (nSPS) is 20.6. The monoisotopic (exact) mass is 347 g/mol. The summed E-state index contributed by atoms with van der Waals surface area (Å²) in [4.78, 5) is 27.5. The SMILES string of the molecule is CN(C)C(=O)CNCC1(O)CCCN(CCCc2ccccc2)C1=O. The smallest absolute Gasteiger partial charge is 0.255 e. The average Bonchev–Trinajstić information content (AvgIpc) is 2.59. The van der Waals surface area contributed by atoms with E-state index in [0.717, 1.165) is 19.3 Å². The van der Waals surface area contributed by atoms with E-state index >= 15 is 0 Å². The van der Waals surface area contributed by atoms with Gasteiger partial charge in [-0.05, 0) is 31.2 Å². The topological polar surface area (TPSA) is 72.9 Å². The molecule has 0 bridgehead atoms. The molecule has 0 saturated carbocycles. The Hall–Kier alpha value is -1.92. The molecule has 25 heavy (non-hydrogen) atoms. The highest BCUT2D eigenvalue weighted by Gasteiger charge is 2.41. The summed E-state index contributed by atoms with van der Waals surface area (Å²) in [6, 6.07) is 10.2. The van der Waals surface area contributed by atoms with Crippen molar-refractivity contribution >= 4 is 11.8 Å². The largest absolute Gasteiger partial charge is 0.379 e. The summed E-state index contributed by atoms with van der Waals surface area (Å²) >= 11 is 0. The Kier molecular flexibility index (Phi) is 6.96. The van der Waals surface area contributed by atoms with Gasteiger partial charge in [0.1, 0.15) is 0 Å². The lowest BCUT2D eigenvalue weighted by Crippen LogP contribution is -2.58. The van der Waals surface area contributed by atoms with Gasteiger partial charge in [0.15, 0.2) is 5.60 Å². The molecule has 1 aliphatic heterocycles. The number of carbonyl (C=O) groups is 2. The minimum absolute atomic E-state index is 0.0772. The summed E-state index contributed by atoms with van der Waals surface area (Å²) in [7, 11) is 3.36. The number of likely N-dealkylation sites (N-methyl/N-ethyl adjacent to an activating group) is 1. The molecule has 0 aliphatic carbocycles. The fraction of sp³-hybridized carbons (Fsp3) is 0.579. The number of aryl methyl sites for hydroxylation is 1. The highest BCUT2D eigenvalue weighted by atomic mass is 16.3. The number of nitrogens with one attached hydrogen (secondary N) is 1. The van der Waals surface area contributed by atoms with Gasteiger partial charge in [-0.25, -0.2) is 0 Å². The maximum absolute atomic E-state index is 12.6. The van der Waals surface area contributed by atoms with Crippen molar-refractivity contribution in [3.8, 4) is 0 Å². The third-order valence-electron chi connectivity index (χ3n) is 4.63. The first-order valence-electron chi connectivity index (χ1n) is 8.89. The molecule has 1 aliphatic rings. The summed E-state index contributed by atoms with van der Waals surface area (Å²) in [5, 5.41) is 13.6. The van der Waals surface area contributed by atoms with E-state index in [-0.39, 0.29) is 24.9 Å². The molecule has 1 aromatic rings. The van der Waals surface area contributed by atoms with Crippen molar-refractivity contribution in [1.29, 1.82) is 0 Å². The molecule has 2 amide bonds. The first-order chi connectivity index (χ1) is 11.9.